The average molecular weight is 486 g/mol. The number of rotatable bonds is 7. The van der Waals surface area contributed by atoms with E-state index >= 15 is 0 Å². The number of aryl methyl sites for hydroxylation is 1. The number of fused-ring (bicyclic) bond motifs is 1. The van der Waals surface area contributed by atoms with Crippen LogP contribution < -0.4 is 4.90 Å². The Labute approximate surface area is 189 Å². The lowest BCUT2D eigenvalue weighted by atomic mass is 10.2. The minimum Gasteiger partial charge on any atom is -0.308 e. The highest BCUT2D eigenvalue weighted by atomic mass is 35.5. The maximum absolute atomic E-state index is 13.1. The first-order chi connectivity index (χ1) is 14.1. The minimum atomic E-state index is -3.82. The molecule has 10 heteroatoms. The van der Waals surface area contributed by atoms with Gasteiger partial charge in [0.1, 0.15) is 5.75 Å². The van der Waals surface area contributed by atoms with E-state index in [-0.39, 0.29) is 4.90 Å². The van der Waals surface area contributed by atoms with E-state index in [1.807, 2.05) is 32.0 Å². The zero-order valence-electron chi connectivity index (χ0n) is 16.7. The summed E-state index contributed by atoms with van der Waals surface area (Å²) in [6.07, 6.45) is 0. The summed E-state index contributed by atoms with van der Waals surface area (Å²) in [6, 6.07) is 9.39. The Bertz CT molecular complexity index is 1180. The van der Waals surface area contributed by atoms with Crippen molar-refractivity contribution >= 4 is 65.6 Å². The molecule has 0 bridgehead atoms. The number of carbonyl (C=O) groups is 1. The van der Waals surface area contributed by atoms with Gasteiger partial charge in [0.25, 0.3) is 0 Å². The standard InChI is InChI=1S/C20H21Cl2N3O3S2/c1-13-10-15(22)11-17-19(13)23-20(29-17)25(9-8-24(2)3)18(26)12-30(27,28)16-6-4-14(21)5-7-16/h4-7,10-11H,8-9,12H2,1-3H3. The summed E-state index contributed by atoms with van der Waals surface area (Å²) in [4.78, 5) is 21.1. The molecule has 1 aromatic heterocycles. The molecular formula is C20H21Cl2N3O3S2. The van der Waals surface area contributed by atoms with Gasteiger partial charge >= 0.3 is 0 Å². The molecule has 0 unspecified atom stereocenters. The van der Waals surface area contributed by atoms with Gasteiger partial charge in [-0.05, 0) is 63.0 Å². The minimum absolute atomic E-state index is 0.0553. The van der Waals surface area contributed by atoms with Crippen molar-refractivity contribution < 1.29 is 13.2 Å². The van der Waals surface area contributed by atoms with Crippen molar-refractivity contribution in [2.45, 2.75) is 11.8 Å². The number of hydrogen-bond donors (Lipinski definition) is 0. The van der Waals surface area contributed by atoms with Gasteiger partial charge in [0.15, 0.2) is 15.0 Å². The third-order valence-electron chi connectivity index (χ3n) is 4.43. The number of hydrogen-bond acceptors (Lipinski definition) is 6. The molecule has 30 heavy (non-hydrogen) atoms. The fraction of sp³-hybridized carbons (Fsp3) is 0.300. The maximum Gasteiger partial charge on any atom is 0.244 e. The number of nitrogens with zero attached hydrogens (tertiary/aromatic N) is 3. The molecule has 0 aliphatic carbocycles. The van der Waals surface area contributed by atoms with E-state index in [2.05, 4.69) is 4.98 Å². The maximum atomic E-state index is 13.1. The fourth-order valence-corrected chi connectivity index (χ4v) is 5.64. The van der Waals surface area contributed by atoms with Crippen LogP contribution >= 0.6 is 34.5 Å². The van der Waals surface area contributed by atoms with Crippen LogP contribution in [0.2, 0.25) is 10.0 Å². The highest BCUT2D eigenvalue weighted by Crippen LogP contribution is 2.33. The number of halogens is 2. The first kappa shape index (κ1) is 23.0. The zero-order valence-corrected chi connectivity index (χ0v) is 19.9. The van der Waals surface area contributed by atoms with Crippen LogP contribution in [0.15, 0.2) is 41.3 Å². The number of carbonyl (C=O) groups excluding carboxylic acids is 1. The smallest absolute Gasteiger partial charge is 0.244 e. The van der Waals surface area contributed by atoms with Gasteiger partial charge in [0.05, 0.1) is 15.1 Å². The molecule has 2 aromatic carbocycles. The van der Waals surface area contributed by atoms with Crippen LogP contribution in [0, 0.1) is 6.92 Å². The molecule has 0 radical (unpaired) electrons. The number of benzene rings is 2. The number of amides is 1. The van der Waals surface area contributed by atoms with Crippen LogP contribution in [0.3, 0.4) is 0 Å². The Morgan fingerprint density at radius 1 is 1.07 bits per heavy atom. The Morgan fingerprint density at radius 2 is 1.73 bits per heavy atom. The second-order valence-corrected chi connectivity index (χ2v) is 11.0. The SMILES string of the molecule is Cc1cc(Cl)cc2sc(N(CCN(C)C)C(=O)CS(=O)(=O)c3ccc(Cl)cc3)nc12. The summed E-state index contributed by atoms with van der Waals surface area (Å²) in [5.41, 5.74) is 1.65. The molecule has 3 rings (SSSR count). The molecule has 0 aliphatic heterocycles. The van der Waals surface area contributed by atoms with Gasteiger partial charge in [-0.15, -0.1) is 0 Å². The quantitative estimate of drug-likeness (QED) is 0.499. The molecule has 0 N–H and O–H groups in total. The predicted octanol–water partition coefficient (Wildman–Crippen LogP) is 4.28. The van der Waals surface area contributed by atoms with Crippen molar-refractivity contribution in [1.82, 2.24) is 9.88 Å². The van der Waals surface area contributed by atoms with Crippen molar-refractivity contribution in [3.8, 4) is 0 Å². The second kappa shape index (κ2) is 9.20. The lowest BCUT2D eigenvalue weighted by Gasteiger charge is -2.22. The molecule has 0 spiro atoms. The van der Waals surface area contributed by atoms with Gasteiger partial charge in [-0.1, -0.05) is 34.5 Å². The summed E-state index contributed by atoms with van der Waals surface area (Å²) >= 11 is 13.3. The molecule has 1 amide bonds. The molecule has 160 valence electrons. The fourth-order valence-electron chi connectivity index (χ4n) is 2.85. The van der Waals surface area contributed by atoms with Crippen LogP contribution in [-0.2, 0) is 14.6 Å². The monoisotopic (exact) mass is 485 g/mol. The van der Waals surface area contributed by atoms with Crippen molar-refractivity contribution in [2.24, 2.45) is 0 Å². The molecule has 0 saturated carbocycles. The molecule has 0 saturated heterocycles. The van der Waals surface area contributed by atoms with Crippen molar-refractivity contribution in [1.29, 1.82) is 0 Å². The lowest BCUT2D eigenvalue weighted by Crippen LogP contribution is -2.40. The van der Waals surface area contributed by atoms with Crippen LogP contribution in [0.5, 0.6) is 0 Å². The van der Waals surface area contributed by atoms with Crippen LogP contribution in [0.25, 0.3) is 10.2 Å². The Balaban J connectivity index is 1.94. The molecular weight excluding hydrogens is 465 g/mol. The van der Waals surface area contributed by atoms with E-state index in [0.717, 1.165) is 15.8 Å². The highest BCUT2D eigenvalue weighted by molar-refractivity contribution is 7.92. The van der Waals surface area contributed by atoms with E-state index in [4.69, 9.17) is 23.2 Å². The molecule has 1 heterocycles. The first-order valence-corrected chi connectivity index (χ1v) is 12.3. The number of aromatic nitrogens is 1. The van der Waals surface area contributed by atoms with Gasteiger partial charge < -0.3 is 4.90 Å². The number of likely N-dealkylation sites (N-methyl/N-ethyl adjacent to an activating group) is 1. The average Bonchev–Trinajstić information content (AvgIpc) is 3.05. The third kappa shape index (κ3) is 5.31. The summed E-state index contributed by atoms with van der Waals surface area (Å²) in [7, 11) is -0.0519. The van der Waals surface area contributed by atoms with E-state index in [1.165, 1.54) is 40.5 Å². The third-order valence-corrected chi connectivity index (χ3v) is 7.54. The van der Waals surface area contributed by atoms with Crippen LogP contribution in [0.1, 0.15) is 5.56 Å². The van der Waals surface area contributed by atoms with Crippen molar-refractivity contribution in [3.05, 3.63) is 52.0 Å². The van der Waals surface area contributed by atoms with E-state index in [0.29, 0.717) is 28.3 Å². The highest BCUT2D eigenvalue weighted by Gasteiger charge is 2.27. The van der Waals surface area contributed by atoms with Crippen molar-refractivity contribution in [3.63, 3.8) is 0 Å². The lowest BCUT2D eigenvalue weighted by molar-refractivity contribution is -0.116. The van der Waals surface area contributed by atoms with E-state index in [9.17, 15) is 13.2 Å². The molecule has 0 fully saturated rings. The van der Waals surface area contributed by atoms with Gasteiger partial charge in [-0.2, -0.15) is 0 Å². The Kier molecular flexibility index (Phi) is 7.04. The largest absolute Gasteiger partial charge is 0.308 e. The van der Waals surface area contributed by atoms with E-state index < -0.39 is 21.5 Å². The second-order valence-electron chi connectivity index (χ2n) is 7.13. The van der Waals surface area contributed by atoms with Crippen LogP contribution in [-0.4, -0.2) is 57.1 Å². The summed E-state index contributed by atoms with van der Waals surface area (Å²) in [6.45, 7) is 2.77. The van der Waals surface area contributed by atoms with Gasteiger partial charge in [0.2, 0.25) is 5.91 Å². The predicted molar refractivity (Wildman–Crippen MR) is 124 cm³/mol. The molecule has 0 aliphatic rings. The Morgan fingerprint density at radius 3 is 2.37 bits per heavy atom. The number of anilines is 1. The van der Waals surface area contributed by atoms with E-state index in [1.54, 1.807) is 6.07 Å². The number of sulfone groups is 1. The summed E-state index contributed by atoms with van der Waals surface area (Å²) in [5.74, 6) is -1.19. The number of thiazole rings is 1. The van der Waals surface area contributed by atoms with Gasteiger partial charge in [-0.25, -0.2) is 13.4 Å². The zero-order chi connectivity index (χ0) is 22.1. The molecule has 0 atom stereocenters. The molecule has 3 aromatic rings. The summed E-state index contributed by atoms with van der Waals surface area (Å²) in [5, 5.41) is 1.47. The summed E-state index contributed by atoms with van der Waals surface area (Å²) < 4.78 is 26.4. The first-order valence-electron chi connectivity index (χ1n) is 9.07. The molecule has 6 nitrogen and oxygen atoms in total. The topological polar surface area (TPSA) is 70.6 Å². The normalized spacial score (nSPS) is 11.9. The van der Waals surface area contributed by atoms with Gasteiger partial charge in [-0.3, -0.25) is 9.69 Å². The van der Waals surface area contributed by atoms with Gasteiger partial charge in [0, 0.05) is 23.1 Å². The Hall–Kier alpha value is -1.71. The van der Waals surface area contributed by atoms with Crippen molar-refractivity contribution in [2.75, 3.05) is 37.8 Å². The van der Waals surface area contributed by atoms with Crippen LogP contribution in [0.4, 0.5) is 5.13 Å².